The van der Waals surface area contributed by atoms with Crippen LogP contribution in [0.2, 0.25) is 0 Å². The van der Waals surface area contributed by atoms with Gasteiger partial charge in [0.25, 0.3) is 0 Å². The minimum absolute atomic E-state index is 0.788. The van der Waals surface area contributed by atoms with E-state index in [1.54, 1.807) is 0 Å². The molecule has 46 valence electrons. The van der Waals surface area contributed by atoms with Gasteiger partial charge in [-0.15, -0.1) is 0 Å². The Hall–Kier alpha value is -0.460. The Balaban J connectivity index is 2.34. The molecule has 1 atom stereocenters. The van der Waals surface area contributed by atoms with E-state index in [0.717, 1.165) is 24.7 Å². The lowest BCUT2D eigenvalue weighted by molar-refractivity contribution is 0.139. The Kier molecular flexibility index (Phi) is 1.56. The van der Waals surface area contributed by atoms with E-state index >= 15 is 0 Å². The van der Waals surface area contributed by atoms with Gasteiger partial charge in [0, 0.05) is 6.42 Å². The van der Waals surface area contributed by atoms with Crippen molar-refractivity contribution in [2.75, 3.05) is 6.61 Å². The minimum Gasteiger partial charge on any atom is -0.499 e. The van der Waals surface area contributed by atoms with E-state index in [2.05, 4.69) is 13.5 Å². The SMILES string of the molecule is C=C1CC(C)CCO1. The van der Waals surface area contributed by atoms with Gasteiger partial charge < -0.3 is 4.74 Å². The third kappa shape index (κ3) is 1.25. The standard InChI is InChI=1S/C7H12O/c1-6-3-4-8-7(2)5-6/h6H,2-5H2,1H3. The molecule has 0 saturated carbocycles. The third-order valence-corrected chi connectivity index (χ3v) is 1.49. The van der Waals surface area contributed by atoms with Crippen LogP contribution in [0.25, 0.3) is 0 Å². The normalized spacial score (nSPS) is 29.6. The summed E-state index contributed by atoms with van der Waals surface area (Å²) in [4.78, 5) is 0. The third-order valence-electron chi connectivity index (χ3n) is 1.49. The van der Waals surface area contributed by atoms with Crippen molar-refractivity contribution in [2.45, 2.75) is 19.8 Å². The van der Waals surface area contributed by atoms with Crippen LogP contribution in [0.5, 0.6) is 0 Å². The zero-order chi connectivity index (χ0) is 5.98. The highest BCUT2D eigenvalue weighted by Gasteiger charge is 2.10. The van der Waals surface area contributed by atoms with Crippen LogP contribution in [0.4, 0.5) is 0 Å². The van der Waals surface area contributed by atoms with Gasteiger partial charge in [-0.05, 0) is 12.3 Å². The zero-order valence-corrected chi connectivity index (χ0v) is 5.31. The smallest absolute Gasteiger partial charge is 0.0890 e. The van der Waals surface area contributed by atoms with E-state index in [0.29, 0.717) is 0 Å². The highest BCUT2D eigenvalue weighted by atomic mass is 16.5. The van der Waals surface area contributed by atoms with Gasteiger partial charge in [0.1, 0.15) is 0 Å². The molecule has 1 saturated heterocycles. The Bertz CT molecular complexity index is 96.6. The maximum Gasteiger partial charge on any atom is 0.0890 e. The van der Waals surface area contributed by atoms with Crippen LogP contribution in [-0.2, 0) is 4.74 Å². The van der Waals surface area contributed by atoms with Gasteiger partial charge in [0.05, 0.1) is 12.4 Å². The first-order valence-corrected chi connectivity index (χ1v) is 3.09. The van der Waals surface area contributed by atoms with Crippen LogP contribution >= 0.6 is 0 Å². The van der Waals surface area contributed by atoms with Gasteiger partial charge in [-0.1, -0.05) is 13.5 Å². The zero-order valence-electron chi connectivity index (χ0n) is 5.31. The molecule has 0 bridgehead atoms. The van der Waals surface area contributed by atoms with E-state index in [4.69, 9.17) is 4.74 Å². The van der Waals surface area contributed by atoms with Crippen LogP contribution in [-0.4, -0.2) is 6.61 Å². The highest BCUT2D eigenvalue weighted by Crippen LogP contribution is 2.19. The summed E-state index contributed by atoms with van der Waals surface area (Å²) in [5, 5.41) is 0. The molecule has 0 spiro atoms. The summed E-state index contributed by atoms with van der Waals surface area (Å²) in [6.07, 6.45) is 2.25. The maximum absolute atomic E-state index is 5.15. The van der Waals surface area contributed by atoms with Crippen LogP contribution in [0.15, 0.2) is 12.3 Å². The summed E-state index contributed by atoms with van der Waals surface area (Å²) in [5.41, 5.74) is 0. The topological polar surface area (TPSA) is 9.23 Å². The Labute approximate surface area is 50.3 Å². The molecule has 0 amide bonds. The molecule has 0 aromatic rings. The fourth-order valence-electron chi connectivity index (χ4n) is 0.954. The summed E-state index contributed by atoms with van der Waals surface area (Å²) in [5.74, 6) is 1.75. The molecule has 1 fully saturated rings. The molecule has 1 heteroatoms. The van der Waals surface area contributed by atoms with Crippen LogP contribution < -0.4 is 0 Å². The maximum atomic E-state index is 5.15. The first-order valence-electron chi connectivity index (χ1n) is 3.09. The monoisotopic (exact) mass is 112 g/mol. The van der Waals surface area contributed by atoms with Crippen molar-refractivity contribution in [3.63, 3.8) is 0 Å². The van der Waals surface area contributed by atoms with Crippen LogP contribution in [0.1, 0.15) is 19.8 Å². The fourth-order valence-corrected chi connectivity index (χ4v) is 0.954. The Morgan fingerprint density at radius 3 is 2.88 bits per heavy atom. The summed E-state index contributed by atoms with van der Waals surface area (Å²) in [7, 11) is 0. The van der Waals surface area contributed by atoms with E-state index < -0.39 is 0 Å². The molecule has 0 N–H and O–H groups in total. The lowest BCUT2D eigenvalue weighted by Gasteiger charge is -2.20. The Morgan fingerprint density at radius 1 is 1.75 bits per heavy atom. The van der Waals surface area contributed by atoms with Gasteiger partial charge in [-0.25, -0.2) is 0 Å². The first kappa shape index (κ1) is 5.67. The fraction of sp³-hybridized carbons (Fsp3) is 0.714. The molecule has 0 aliphatic carbocycles. The number of rotatable bonds is 0. The van der Waals surface area contributed by atoms with Gasteiger partial charge in [-0.2, -0.15) is 0 Å². The number of hydrogen-bond acceptors (Lipinski definition) is 1. The number of ether oxygens (including phenoxy) is 1. The molecular weight excluding hydrogens is 100 g/mol. The molecule has 0 radical (unpaired) electrons. The quantitative estimate of drug-likeness (QED) is 0.465. The molecule has 8 heavy (non-hydrogen) atoms. The minimum atomic E-state index is 0.788. The molecule has 0 aromatic carbocycles. The molecular formula is C7H12O. The molecule has 1 nitrogen and oxygen atoms in total. The van der Waals surface area contributed by atoms with Gasteiger partial charge in [-0.3, -0.25) is 0 Å². The van der Waals surface area contributed by atoms with Gasteiger partial charge in [0.15, 0.2) is 0 Å². The number of allylic oxidation sites excluding steroid dienone is 1. The van der Waals surface area contributed by atoms with Gasteiger partial charge in [0.2, 0.25) is 0 Å². The molecule has 1 rings (SSSR count). The second-order valence-corrected chi connectivity index (χ2v) is 2.49. The predicted octanol–water partition coefficient (Wildman–Crippen LogP) is 1.95. The second kappa shape index (κ2) is 2.21. The Morgan fingerprint density at radius 2 is 2.50 bits per heavy atom. The highest BCUT2D eigenvalue weighted by molar-refractivity contribution is 4.87. The van der Waals surface area contributed by atoms with Crippen molar-refractivity contribution in [3.05, 3.63) is 12.3 Å². The summed E-state index contributed by atoms with van der Waals surface area (Å²) < 4.78 is 5.15. The average Bonchev–Trinajstić information content (AvgIpc) is 1.64. The van der Waals surface area contributed by atoms with Crippen molar-refractivity contribution < 1.29 is 4.74 Å². The van der Waals surface area contributed by atoms with Crippen LogP contribution in [0.3, 0.4) is 0 Å². The van der Waals surface area contributed by atoms with E-state index in [9.17, 15) is 0 Å². The van der Waals surface area contributed by atoms with Crippen molar-refractivity contribution in [2.24, 2.45) is 5.92 Å². The summed E-state index contributed by atoms with van der Waals surface area (Å²) in [6, 6.07) is 0. The number of hydrogen-bond donors (Lipinski definition) is 0. The van der Waals surface area contributed by atoms with Crippen molar-refractivity contribution in [1.82, 2.24) is 0 Å². The molecule has 1 unspecified atom stereocenters. The lowest BCUT2D eigenvalue weighted by Crippen LogP contribution is -2.10. The van der Waals surface area contributed by atoms with Crippen LogP contribution in [0, 0.1) is 5.92 Å². The predicted molar refractivity (Wildman–Crippen MR) is 33.5 cm³/mol. The summed E-state index contributed by atoms with van der Waals surface area (Å²) in [6.45, 7) is 6.85. The first-order chi connectivity index (χ1) is 3.79. The summed E-state index contributed by atoms with van der Waals surface area (Å²) >= 11 is 0. The second-order valence-electron chi connectivity index (χ2n) is 2.49. The molecule has 1 aliphatic rings. The van der Waals surface area contributed by atoms with Crippen molar-refractivity contribution in [3.8, 4) is 0 Å². The largest absolute Gasteiger partial charge is 0.499 e. The van der Waals surface area contributed by atoms with Gasteiger partial charge >= 0.3 is 0 Å². The van der Waals surface area contributed by atoms with Crippen molar-refractivity contribution >= 4 is 0 Å². The van der Waals surface area contributed by atoms with E-state index in [1.165, 1.54) is 6.42 Å². The lowest BCUT2D eigenvalue weighted by atomic mass is 10.0. The molecule has 1 aliphatic heterocycles. The average molecular weight is 112 g/mol. The molecule has 1 heterocycles. The van der Waals surface area contributed by atoms with E-state index in [-0.39, 0.29) is 0 Å². The van der Waals surface area contributed by atoms with E-state index in [1.807, 2.05) is 0 Å². The molecule has 0 aromatic heterocycles. The van der Waals surface area contributed by atoms with Crippen molar-refractivity contribution in [1.29, 1.82) is 0 Å².